The number of hydrogen-bond donors (Lipinski definition) is 2. The molecule has 0 amide bonds. The second-order valence-corrected chi connectivity index (χ2v) is 8.18. The fourth-order valence-corrected chi connectivity index (χ4v) is 4.39. The number of fused-ring (bicyclic) bond motifs is 4. The molecule has 0 spiro atoms. The third-order valence-electron chi connectivity index (χ3n) is 6.07. The molecular formula is C27H16N4O4. The topological polar surface area (TPSA) is 118 Å². The lowest BCUT2D eigenvalue weighted by atomic mass is 9.93. The number of H-pyrrole nitrogens is 1. The third kappa shape index (κ3) is 3.36. The lowest BCUT2D eigenvalue weighted by Gasteiger charge is -2.16. The summed E-state index contributed by atoms with van der Waals surface area (Å²) in [5.41, 5.74) is 4.03. The molecule has 6 rings (SSSR count). The lowest BCUT2D eigenvalue weighted by Crippen LogP contribution is -2.25. The molecule has 2 N–H and O–H groups in total. The average Bonchev–Trinajstić information content (AvgIpc) is 3.25. The predicted octanol–water partition coefficient (Wildman–Crippen LogP) is 5.51. The van der Waals surface area contributed by atoms with Crippen LogP contribution in [0.4, 0.5) is 11.5 Å². The summed E-state index contributed by atoms with van der Waals surface area (Å²) in [6, 6.07) is 22.7. The molecule has 1 aliphatic carbocycles. The minimum atomic E-state index is -0.638. The van der Waals surface area contributed by atoms with Crippen molar-refractivity contribution in [2.24, 2.45) is 0 Å². The Bertz CT molecular complexity index is 1730. The molecule has 0 aliphatic heterocycles. The van der Waals surface area contributed by atoms with Crippen LogP contribution in [0.15, 0.2) is 84.6 Å². The van der Waals surface area contributed by atoms with Gasteiger partial charge in [-0.1, -0.05) is 42.5 Å². The van der Waals surface area contributed by atoms with Gasteiger partial charge in [0.05, 0.1) is 21.8 Å². The molecule has 2 aromatic heterocycles. The van der Waals surface area contributed by atoms with Crippen molar-refractivity contribution < 1.29 is 14.5 Å². The van der Waals surface area contributed by atoms with E-state index in [2.05, 4.69) is 10.3 Å². The number of carbonyl (C=O) groups excluding carboxylic acids is 2. The van der Waals surface area contributed by atoms with E-state index in [0.717, 1.165) is 21.8 Å². The number of allylic oxidation sites excluding steroid dienone is 1. The Kier molecular flexibility index (Phi) is 4.53. The van der Waals surface area contributed by atoms with E-state index in [4.69, 9.17) is 4.98 Å². The molecule has 3 aromatic carbocycles. The molecule has 35 heavy (non-hydrogen) atoms. The maximum absolute atomic E-state index is 12.8. The lowest BCUT2D eigenvalue weighted by molar-refractivity contribution is -0.384. The molecule has 0 bridgehead atoms. The molecule has 0 saturated carbocycles. The number of aromatic nitrogens is 2. The molecule has 168 valence electrons. The normalized spacial score (nSPS) is 13.1. The largest absolute Gasteiger partial charge is 0.353 e. The number of pyridine rings is 1. The number of nitro groups is 1. The number of hydrogen-bond acceptors (Lipinski definition) is 6. The number of nitro benzene ring substituents is 1. The summed E-state index contributed by atoms with van der Waals surface area (Å²) >= 11 is 0. The van der Waals surface area contributed by atoms with Crippen molar-refractivity contribution in [3.63, 3.8) is 0 Å². The third-order valence-corrected chi connectivity index (χ3v) is 6.07. The van der Waals surface area contributed by atoms with Gasteiger partial charge in [-0.25, -0.2) is 4.98 Å². The molecule has 8 heteroatoms. The van der Waals surface area contributed by atoms with Crippen molar-refractivity contribution in [2.45, 2.75) is 0 Å². The summed E-state index contributed by atoms with van der Waals surface area (Å²) < 4.78 is 0. The number of nitrogens with one attached hydrogen (secondary N) is 2. The smallest absolute Gasteiger partial charge is 0.269 e. The second-order valence-electron chi connectivity index (χ2n) is 8.18. The van der Waals surface area contributed by atoms with Gasteiger partial charge in [-0.05, 0) is 35.9 Å². The molecule has 5 aromatic rings. The zero-order chi connectivity index (χ0) is 24.1. The van der Waals surface area contributed by atoms with Crippen LogP contribution in [0.2, 0.25) is 0 Å². The quantitative estimate of drug-likeness (QED) is 0.207. The van der Waals surface area contributed by atoms with Crippen LogP contribution in [-0.4, -0.2) is 26.5 Å². The Labute approximate surface area is 198 Å². The van der Waals surface area contributed by atoms with Crippen LogP contribution in [0.1, 0.15) is 15.9 Å². The monoisotopic (exact) mass is 460 g/mol. The van der Waals surface area contributed by atoms with Gasteiger partial charge in [0, 0.05) is 39.5 Å². The standard InChI is InChI=1S/C27H16N4O4/c32-26-18-6-2-1-5-16(18)13-22(27(26)33)28-23-14-20-19-7-3-4-8-21(19)29-25(20)24(30-23)15-9-11-17(12-10-15)31(34)35/h1-14,29H,(H,28,30). The van der Waals surface area contributed by atoms with Crippen molar-refractivity contribution in [3.8, 4) is 11.3 Å². The van der Waals surface area contributed by atoms with Crippen LogP contribution in [0.3, 0.4) is 0 Å². The molecule has 2 heterocycles. The number of nitrogens with zero attached hydrogens (tertiary/aromatic N) is 2. The number of carbonyl (C=O) groups is 2. The highest BCUT2D eigenvalue weighted by Crippen LogP contribution is 2.35. The summed E-state index contributed by atoms with van der Waals surface area (Å²) in [5, 5.41) is 16.0. The van der Waals surface area contributed by atoms with Crippen LogP contribution in [0.5, 0.6) is 0 Å². The number of ketones is 2. The van der Waals surface area contributed by atoms with Crippen molar-refractivity contribution in [2.75, 3.05) is 5.32 Å². The Balaban J connectivity index is 1.52. The zero-order valence-corrected chi connectivity index (χ0v) is 18.1. The fourth-order valence-electron chi connectivity index (χ4n) is 4.39. The minimum absolute atomic E-state index is 0.0222. The first kappa shape index (κ1) is 20.5. The van der Waals surface area contributed by atoms with Gasteiger partial charge in [0.15, 0.2) is 0 Å². The van der Waals surface area contributed by atoms with Crippen molar-refractivity contribution >= 4 is 51.0 Å². The van der Waals surface area contributed by atoms with E-state index >= 15 is 0 Å². The van der Waals surface area contributed by atoms with Crippen molar-refractivity contribution in [3.05, 3.63) is 106 Å². The minimum Gasteiger partial charge on any atom is -0.353 e. The SMILES string of the molecule is O=C1C(=O)c2ccccc2C=C1Nc1cc2c([nH]c3ccccc32)c(-c2ccc([N+](=O)[O-])cc2)n1. The average molecular weight is 460 g/mol. The summed E-state index contributed by atoms with van der Waals surface area (Å²) in [6.45, 7) is 0. The van der Waals surface area contributed by atoms with Gasteiger partial charge in [0.2, 0.25) is 11.6 Å². The number of aromatic amines is 1. The zero-order valence-electron chi connectivity index (χ0n) is 18.1. The number of benzene rings is 3. The van der Waals surface area contributed by atoms with Crippen LogP contribution < -0.4 is 5.32 Å². The van der Waals surface area contributed by atoms with Crippen molar-refractivity contribution in [1.82, 2.24) is 9.97 Å². The Morgan fingerprint density at radius 3 is 2.40 bits per heavy atom. The second kappa shape index (κ2) is 7.74. The van der Waals surface area contributed by atoms with Crippen LogP contribution >= 0.6 is 0 Å². The van der Waals surface area contributed by atoms with E-state index in [1.54, 1.807) is 42.5 Å². The summed E-state index contributed by atoms with van der Waals surface area (Å²) in [7, 11) is 0. The first-order valence-electron chi connectivity index (χ1n) is 10.8. The molecule has 1 aliphatic rings. The van der Waals surface area contributed by atoms with Gasteiger partial charge in [0.1, 0.15) is 5.82 Å². The molecular weight excluding hydrogens is 444 g/mol. The Hall–Kier alpha value is -5.11. The van der Waals surface area contributed by atoms with E-state index in [0.29, 0.717) is 28.2 Å². The van der Waals surface area contributed by atoms with Gasteiger partial charge in [-0.2, -0.15) is 0 Å². The highest BCUT2D eigenvalue weighted by Gasteiger charge is 2.28. The van der Waals surface area contributed by atoms with E-state index in [1.807, 2.05) is 30.3 Å². The summed E-state index contributed by atoms with van der Waals surface area (Å²) in [5.74, 6) is -0.835. The summed E-state index contributed by atoms with van der Waals surface area (Å²) in [4.78, 5) is 44.2. The van der Waals surface area contributed by atoms with Gasteiger partial charge in [-0.3, -0.25) is 19.7 Å². The fraction of sp³-hybridized carbons (Fsp3) is 0. The first-order valence-corrected chi connectivity index (χ1v) is 10.8. The number of anilines is 1. The molecule has 0 fully saturated rings. The van der Waals surface area contributed by atoms with E-state index < -0.39 is 16.5 Å². The highest BCUT2D eigenvalue weighted by molar-refractivity contribution is 6.52. The molecule has 0 atom stereocenters. The van der Waals surface area contributed by atoms with E-state index in [9.17, 15) is 19.7 Å². The van der Waals surface area contributed by atoms with Gasteiger partial charge in [-0.15, -0.1) is 0 Å². The molecule has 0 radical (unpaired) electrons. The predicted molar refractivity (Wildman–Crippen MR) is 133 cm³/mol. The number of para-hydroxylation sites is 1. The molecule has 0 unspecified atom stereocenters. The maximum Gasteiger partial charge on any atom is 0.269 e. The molecule has 0 saturated heterocycles. The summed E-state index contributed by atoms with van der Waals surface area (Å²) in [6.07, 6.45) is 1.64. The van der Waals surface area contributed by atoms with E-state index in [-0.39, 0.29) is 11.4 Å². The van der Waals surface area contributed by atoms with Crippen LogP contribution in [-0.2, 0) is 4.79 Å². The maximum atomic E-state index is 12.8. The van der Waals surface area contributed by atoms with Gasteiger partial charge in [0.25, 0.3) is 5.69 Å². The Morgan fingerprint density at radius 1 is 0.857 bits per heavy atom. The number of non-ortho nitro benzene ring substituents is 1. The Morgan fingerprint density at radius 2 is 1.60 bits per heavy atom. The van der Waals surface area contributed by atoms with E-state index in [1.165, 1.54) is 12.1 Å². The van der Waals surface area contributed by atoms with Crippen molar-refractivity contribution in [1.29, 1.82) is 0 Å². The first-order chi connectivity index (χ1) is 17.0. The van der Waals surface area contributed by atoms with Crippen LogP contribution in [0.25, 0.3) is 39.1 Å². The van der Waals surface area contributed by atoms with Gasteiger partial charge < -0.3 is 10.3 Å². The van der Waals surface area contributed by atoms with Crippen LogP contribution in [0, 0.1) is 10.1 Å². The molecule has 8 nitrogen and oxygen atoms in total. The van der Waals surface area contributed by atoms with Gasteiger partial charge >= 0.3 is 0 Å². The number of rotatable bonds is 4. The highest BCUT2D eigenvalue weighted by atomic mass is 16.6. The number of Topliss-reactive ketones (excluding diaryl/α,β-unsaturated/α-hetero) is 2.